The minimum atomic E-state index is -0.207. The third-order valence-electron chi connectivity index (χ3n) is 2.85. The Balaban J connectivity index is 1.88. The van der Waals surface area contributed by atoms with Crippen LogP contribution in [-0.4, -0.2) is 6.54 Å². The molecule has 96 valence electrons. The van der Waals surface area contributed by atoms with Crippen LogP contribution < -0.4 is 5.32 Å². The minimum absolute atomic E-state index is 0.0840. The number of hydrogen-bond acceptors (Lipinski definition) is 1. The Morgan fingerprint density at radius 2 is 1.89 bits per heavy atom. The van der Waals surface area contributed by atoms with Gasteiger partial charge in [0.15, 0.2) is 0 Å². The second-order valence-electron chi connectivity index (χ2n) is 4.33. The first-order valence-corrected chi connectivity index (χ1v) is 6.28. The number of benzene rings is 2. The molecular weight excluding hydrogens is 237 g/mol. The van der Waals surface area contributed by atoms with Crippen LogP contribution in [0.1, 0.15) is 24.1 Å². The Labute approximate surface area is 113 Å². The number of halogens is 1. The Morgan fingerprint density at radius 3 is 2.63 bits per heavy atom. The van der Waals surface area contributed by atoms with Gasteiger partial charge in [0.2, 0.25) is 0 Å². The van der Waals surface area contributed by atoms with Crippen molar-refractivity contribution < 1.29 is 4.39 Å². The molecule has 2 aromatic rings. The van der Waals surface area contributed by atoms with Crippen LogP contribution >= 0.6 is 0 Å². The SMILES string of the molecule is CC(NCC#Cc1ccccc1)c1cccc(F)c1. The summed E-state index contributed by atoms with van der Waals surface area (Å²) in [4.78, 5) is 0. The van der Waals surface area contributed by atoms with Crippen molar-refractivity contribution in [2.24, 2.45) is 0 Å². The van der Waals surface area contributed by atoms with Crippen LogP contribution in [0.2, 0.25) is 0 Å². The molecule has 2 heteroatoms. The molecule has 0 aliphatic rings. The van der Waals surface area contributed by atoms with E-state index >= 15 is 0 Å². The minimum Gasteiger partial charge on any atom is -0.300 e. The highest BCUT2D eigenvalue weighted by Crippen LogP contribution is 2.12. The monoisotopic (exact) mass is 253 g/mol. The molecule has 1 N–H and O–H groups in total. The highest BCUT2D eigenvalue weighted by molar-refractivity contribution is 5.33. The van der Waals surface area contributed by atoms with Gasteiger partial charge in [-0.05, 0) is 36.8 Å². The van der Waals surface area contributed by atoms with Crippen molar-refractivity contribution in [2.75, 3.05) is 6.54 Å². The maximum absolute atomic E-state index is 13.1. The lowest BCUT2D eigenvalue weighted by molar-refractivity contribution is 0.598. The van der Waals surface area contributed by atoms with Crippen molar-refractivity contribution in [1.82, 2.24) is 5.32 Å². The van der Waals surface area contributed by atoms with Gasteiger partial charge in [0, 0.05) is 11.6 Å². The second-order valence-corrected chi connectivity index (χ2v) is 4.33. The van der Waals surface area contributed by atoms with Crippen molar-refractivity contribution in [3.8, 4) is 11.8 Å². The molecule has 0 saturated heterocycles. The Hall–Kier alpha value is -2.11. The third kappa shape index (κ3) is 4.24. The van der Waals surface area contributed by atoms with E-state index < -0.39 is 0 Å². The summed E-state index contributed by atoms with van der Waals surface area (Å²) < 4.78 is 13.1. The largest absolute Gasteiger partial charge is 0.300 e. The fraction of sp³-hybridized carbons (Fsp3) is 0.176. The van der Waals surface area contributed by atoms with Crippen molar-refractivity contribution in [3.63, 3.8) is 0 Å². The molecule has 2 aromatic carbocycles. The van der Waals surface area contributed by atoms with E-state index in [2.05, 4.69) is 17.2 Å². The molecule has 0 bridgehead atoms. The Kier molecular flexibility index (Phi) is 4.72. The third-order valence-corrected chi connectivity index (χ3v) is 2.85. The summed E-state index contributed by atoms with van der Waals surface area (Å²) in [5.41, 5.74) is 1.93. The molecule has 0 radical (unpaired) electrons. The van der Waals surface area contributed by atoms with Crippen LogP contribution in [-0.2, 0) is 0 Å². The molecule has 1 unspecified atom stereocenters. The predicted molar refractivity (Wildman–Crippen MR) is 76.1 cm³/mol. The molecule has 19 heavy (non-hydrogen) atoms. The molecular formula is C17H16FN. The first-order chi connectivity index (χ1) is 9.25. The van der Waals surface area contributed by atoms with Crippen molar-refractivity contribution >= 4 is 0 Å². The molecule has 2 rings (SSSR count). The van der Waals surface area contributed by atoms with Gasteiger partial charge in [-0.1, -0.05) is 42.2 Å². The van der Waals surface area contributed by atoms with Crippen LogP contribution in [0.5, 0.6) is 0 Å². The van der Waals surface area contributed by atoms with Gasteiger partial charge in [0.1, 0.15) is 5.82 Å². The fourth-order valence-electron chi connectivity index (χ4n) is 1.77. The summed E-state index contributed by atoms with van der Waals surface area (Å²) in [6.07, 6.45) is 0. The molecule has 0 heterocycles. The number of hydrogen-bond donors (Lipinski definition) is 1. The van der Waals surface area contributed by atoms with Crippen molar-refractivity contribution in [2.45, 2.75) is 13.0 Å². The van der Waals surface area contributed by atoms with Gasteiger partial charge in [-0.3, -0.25) is 5.32 Å². The van der Waals surface area contributed by atoms with E-state index in [4.69, 9.17) is 0 Å². The quantitative estimate of drug-likeness (QED) is 0.825. The predicted octanol–water partition coefficient (Wildman–Crippen LogP) is 3.53. The number of rotatable bonds is 3. The summed E-state index contributed by atoms with van der Waals surface area (Å²) in [6, 6.07) is 16.6. The molecule has 0 amide bonds. The summed E-state index contributed by atoms with van der Waals surface area (Å²) in [5.74, 6) is 5.93. The second kappa shape index (κ2) is 6.72. The van der Waals surface area contributed by atoms with Crippen LogP contribution in [0, 0.1) is 17.7 Å². The molecule has 0 spiro atoms. The van der Waals surface area contributed by atoms with Gasteiger partial charge in [-0.15, -0.1) is 0 Å². The molecule has 0 aliphatic heterocycles. The lowest BCUT2D eigenvalue weighted by atomic mass is 10.1. The van der Waals surface area contributed by atoms with Gasteiger partial charge in [0.25, 0.3) is 0 Å². The maximum atomic E-state index is 13.1. The lowest BCUT2D eigenvalue weighted by Gasteiger charge is -2.11. The highest BCUT2D eigenvalue weighted by atomic mass is 19.1. The standard InChI is InChI=1S/C17H16FN/c1-14(16-10-5-11-17(18)13-16)19-12-6-9-15-7-3-2-4-8-15/h2-5,7-8,10-11,13-14,19H,12H2,1H3. The van der Waals surface area contributed by atoms with E-state index in [9.17, 15) is 4.39 Å². The fourth-order valence-corrected chi connectivity index (χ4v) is 1.77. The van der Waals surface area contributed by atoms with Gasteiger partial charge < -0.3 is 0 Å². The van der Waals surface area contributed by atoms with Crippen LogP contribution in [0.15, 0.2) is 54.6 Å². The Bertz CT molecular complexity index is 581. The zero-order valence-electron chi connectivity index (χ0n) is 10.9. The summed E-state index contributed by atoms with van der Waals surface area (Å²) >= 11 is 0. The number of nitrogens with one attached hydrogen (secondary N) is 1. The zero-order chi connectivity index (χ0) is 13.5. The molecule has 0 saturated carbocycles. The normalized spacial score (nSPS) is 11.5. The van der Waals surface area contributed by atoms with Crippen LogP contribution in [0.25, 0.3) is 0 Å². The van der Waals surface area contributed by atoms with Crippen LogP contribution in [0.3, 0.4) is 0 Å². The highest BCUT2D eigenvalue weighted by Gasteiger charge is 2.03. The summed E-state index contributed by atoms with van der Waals surface area (Å²) in [7, 11) is 0. The van der Waals surface area contributed by atoms with E-state index in [0.717, 1.165) is 11.1 Å². The molecule has 1 nitrogen and oxygen atoms in total. The molecule has 0 aromatic heterocycles. The van der Waals surface area contributed by atoms with E-state index in [1.807, 2.05) is 43.3 Å². The zero-order valence-corrected chi connectivity index (χ0v) is 10.9. The molecule has 0 fully saturated rings. The topological polar surface area (TPSA) is 12.0 Å². The van der Waals surface area contributed by atoms with Gasteiger partial charge in [0.05, 0.1) is 6.54 Å². The molecule has 0 aliphatic carbocycles. The van der Waals surface area contributed by atoms with E-state index in [-0.39, 0.29) is 11.9 Å². The van der Waals surface area contributed by atoms with E-state index in [0.29, 0.717) is 6.54 Å². The first-order valence-electron chi connectivity index (χ1n) is 6.28. The smallest absolute Gasteiger partial charge is 0.123 e. The summed E-state index contributed by atoms with van der Waals surface area (Å²) in [5, 5.41) is 3.26. The van der Waals surface area contributed by atoms with Crippen molar-refractivity contribution in [3.05, 3.63) is 71.5 Å². The van der Waals surface area contributed by atoms with Gasteiger partial charge >= 0.3 is 0 Å². The van der Waals surface area contributed by atoms with Crippen molar-refractivity contribution in [1.29, 1.82) is 0 Å². The Morgan fingerprint density at radius 1 is 1.11 bits per heavy atom. The van der Waals surface area contributed by atoms with E-state index in [1.165, 1.54) is 6.07 Å². The first kappa shape index (κ1) is 13.3. The maximum Gasteiger partial charge on any atom is 0.123 e. The van der Waals surface area contributed by atoms with Gasteiger partial charge in [-0.25, -0.2) is 4.39 Å². The summed E-state index contributed by atoms with van der Waals surface area (Å²) in [6.45, 7) is 2.57. The lowest BCUT2D eigenvalue weighted by Crippen LogP contribution is -2.18. The average Bonchev–Trinajstić information content (AvgIpc) is 2.44. The van der Waals surface area contributed by atoms with Crippen LogP contribution in [0.4, 0.5) is 4.39 Å². The van der Waals surface area contributed by atoms with Gasteiger partial charge in [-0.2, -0.15) is 0 Å². The van der Waals surface area contributed by atoms with E-state index in [1.54, 1.807) is 12.1 Å². The average molecular weight is 253 g/mol. The molecule has 1 atom stereocenters.